The number of aryl methyl sites for hydroxylation is 1. The number of carbonyl (C=O) groups excluding carboxylic acids is 2. The molecule has 32 heavy (non-hydrogen) atoms. The topological polar surface area (TPSA) is 74.4 Å². The molecule has 7 heteroatoms. The lowest BCUT2D eigenvalue weighted by Gasteiger charge is -2.27. The van der Waals surface area contributed by atoms with Gasteiger partial charge in [0.1, 0.15) is 0 Å². The average molecular weight is 498 g/mol. The Hall–Kier alpha value is -2.38. The van der Waals surface area contributed by atoms with Crippen molar-refractivity contribution in [2.24, 2.45) is 0 Å². The third-order valence-electron chi connectivity index (χ3n) is 6.70. The summed E-state index contributed by atoms with van der Waals surface area (Å²) in [7, 11) is 0. The van der Waals surface area contributed by atoms with E-state index in [0.717, 1.165) is 34.3 Å². The van der Waals surface area contributed by atoms with Crippen molar-refractivity contribution in [3.8, 4) is 0 Å². The highest BCUT2D eigenvalue weighted by molar-refractivity contribution is 9.10. The lowest BCUT2D eigenvalue weighted by atomic mass is 9.97. The Labute approximate surface area is 196 Å². The Morgan fingerprint density at radius 2 is 1.97 bits per heavy atom. The van der Waals surface area contributed by atoms with Crippen LogP contribution in [0.5, 0.6) is 0 Å². The van der Waals surface area contributed by atoms with E-state index in [1.54, 1.807) is 0 Å². The fourth-order valence-corrected chi connectivity index (χ4v) is 5.37. The standard InChI is InChI=1S/C25H28BrN3O3/c26-16-6-8-22-19(14-16)20(25(31)28-22)15-23-18(17-4-2-1-3-5-21(17)27-23)7-9-24(30)29-10-12-32-13-11-29/h6,8,14-15,27H,1-5,7,9-13H2,(H,28,31)/b20-15-. The van der Waals surface area contributed by atoms with Gasteiger partial charge in [0.05, 0.1) is 18.8 Å². The minimum absolute atomic E-state index is 0.0850. The van der Waals surface area contributed by atoms with Crippen molar-refractivity contribution >= 4 is 45.1 Å². The summed E-state index contributed by atoms with van der Waals surface area (Å²) < 4.78 is 6.32. The molecule has 2 aromatic rings. The maximum atomic E-state index is 12.8. The molecule has 3 aliphatic rings. The zero-order chi connectivity index (χ0) is 22.1. The van der Waals surface area contributed by atoms with Crippen LogP contribution in [0.1, 0.15) is 53.8 Å². The summed E-state index contributed by atoms with van der Waals surface area (Å²) in [5.74, 6) is 0.0987. The molecule has 0 spiro atoms. The predicted molar refractivity (Wildman–Crippen MR) is 128 cm³/mol. The summed E-state index contributed by atoms with van der Waals surface area (Å²) in [4.78, 5) is 31.1. The van der Waals surface area contributed by atoms with E-state index in [1.165, 1.54) is 36.1 Å². The van der Waals surface area contributed by atoms with Gasteiger partial charge in [0.2, 0.25) is 5.91 Å². The second-order valence-corrected chi connectivity index (χ2v) is 9.65. The van der Waals surface area contributed by atoms with Gasteiger partial charge in [-0.3, -0.25) is 9.59 Å². The largest absolute Gasteiger partial charge is 0.378 e. The number of amides is 2. The van der Waals surface area contributed by atoms with Gasteiger partial charge in [-0.2, -0.15) is 0 Å². The lowest BCUT2D eigenvalue weighted by molar-refractivity contribution is -0.135. The monoisotopic (exact) mass is 497 g/mol. The minimum Gasteiger partial charge on any atom is -0.378 e. The lowest BCUT2D eigenvalue weighted by Crippen LogP contribution is -2.40. The van der Waals surface area contributed by atoms with Crippen LogP contribution < -0.4 is 5.32 Å². The van der Waals surface area contributed by atoms with E-state index in [4.69, 9.17) is 4.74 Å². The van der Waals surface area contributed by atoms with E-state index in [0.29, 0.717) is 44.7 Å². The summed E-state index contributed by atoms with van der Waals surface area (Å²) in [6.07, 6.45) is 8.78. The summed E-state index contributed by atoms with van der Waals surface area (Å²) in [6.45, 7) is 2.58. The molecule has 6 nitrogen and oxygen atoms in total. The highest BCUT2D eigenvalue weighted by atomic mass is 79.9. The fraction of sp³-hybridized carbons (Fsp3) is 0.440. The minimum atomic E-state index is -0.0850. The van der Waals surface area contributed by atoms with Crippen molar-refractivity contribution in [2.75, 3.05) is 31.6 Å². The second kappa shape index (κ2) is 9.24. The smallest absolute Gasteiger partial charge is 0.256 e. The van der Waals surface area contributed by atoms with Crippen LogP contribution in [0.25, 0.3) is 11.6 Å². The molecule has 2 amide bonds. The molecule has 1 aromatic carbocycles. The van der Waals surface area contributed by atoms with Gasteiger partial charge in [0, 0.05) is 46.6 Å². The Kier molecular flexibility index (Phi) is 6.20. The normalized spacial score (nSPS) is 19.5. The molecule has 1 saturated heterocycles. The first-order valence-corrected chi connectivity index (χ1v) is 12.3. The molecular formula is C25H28BrN3O3. The molecule has 0 atom stereocenters. The Morgan fingerprint density at radius 3 is 2.81 bits per heavy atom. The van der Waals surface area contributed by atoms with Crippen LogP contribution in [0.2, 0.25) is 0 Å². The maximum absolute atomic E-state index is 12.8. The van der Waals surface area contributed by atoms with Gasteiger partial charge in [-0.15, -0.1) is 0 Å². The molecular weight excluding hydrogens is 470 g/mol. The first-order chi connectivity index (χ1) is 15.6. The van der Waals surface area contributed by atoms with E-state index in [2.05, 4.69) is 26.2 Å². The molecule has 0 bridgehead atoms. The van der Waals surface area contributed by atoms with Crippen molar-refractivity contribution in [3.63, 3.8) is 0 Å². The van der Waals surface area contributed by atoms with Gasteiger partial charge in [0.25, 0.3) is 5.91 Å². The number of anilines is 1. The fourth-order valence-electron chi connectivity index (χ4n) is 5.01. The van der Waals surface area contributed by atoms with Crippen LogP contribution in [0.15, 0.2) is 22.7 Å². The molecule has 2 aliphatic heterocycles. The first-order valence-electron chi connectivity index (χ1n) is 11.5. The van der Waals surface area contributed by atoms with Crippen molar-refractivity contribution < 1.29 is 14.3 Å². The van der Waals surface area contributed by atoms with E-state index >= 15 is 0 Å². The van der Waals surface area contributed by atoms with Gasteiger partial charge in [-0.25, -0.2) is 0 Å². The highest BCUT2D eigenvalue weighted by Crippen LogP contribution is 2.37. The number of H-pyrrole nitrogens is 1. The number of nitrogens with zero attached hydrogens (tertiary/aromatic N) is 1. The Bertz CT molecular complexity index is 1080. The molecule has 2 N–H and O–H groups in total. The number of hydrogen-bond acceptors (Lipinski definition) is 3. The Balaban J connectivity index is 1.47. The van der Waals surface area contributed by atoms with Crippen LogP contribution in [0.3, 0.4) is 0 Å². The highest BCUT2D eigenvalue weighted by Gasteiger charge is 2.27. The zero-order valence-corrected chi connectivity index (χ0v) is 19.7. The van der Waals surface area contributed by atoms with Crippen molar-refractivity contribution in [3.05, 3.63) is 50.8 Å². The number of ether oxygens (including phenoxy) is 1. The van der Waals surface area contributed by atoms with Crippen LogP contribution in [0, 0.1) is 0 Å². The van der Waals surface area contributed by atoms with Crippen LogP contribution >= 0.6 is 15.9 Å². The molecule has 5 rings (SSSR count). The third-order valence-corrected chi connectivity index (χ3v) is 7.19. The molecule has 1 fully saturated rings. The maximum Gasteiger partial charge on any atom is 0.256 e. The predicted octanol–water partition coefficient (Wildman–Crippen LogP) is 4.33. The number of carbonyl (C=O) groups is 2. The third kappa shape index (κ3) is 4.28. The first kappa shape index (κ1) is 21.5. The molecule has 0 unspecified atom stereocenters. The van der Waals surface area contributed by atoms with E-state index in [9.17, 15) is 9.59 Å². The number of hydrogen-bond donors (Lipinski definition) is 2. The van der Waals surface area contributed by atoms with E-state index in [1.807, 2.05) is 29.2 Å². The van der Waals surface area contributed by atoms with Crippen molar-refractivity contribution in [1.82, 2.24) is 9.88 Å². The Morgan fingerprint density at radius 1 is 1.16 bits per heavy atom. The van der Waals surface area contributed by atoms with Crippen molar-refractivity contribution in [1.29, 1.82) is 0 Å². The van der Waals surface area contributed by atoms with Crippen LogP contribution in [0.4, 0.5) is 5.69 Å². The number of halogens is 1. The molecule has 3 heterocycles. The summed E-state index contributed by atoms with van der Waals surface area (Å²) >= 11 is 3.52. The SMILES string of the molecule is O=C1Nc2ccc(Br)cc2/C1=C/c1[nH]c2c(c1CCC(=O)N1CCOCC1)CCCCC2. The van der Waals surface area contributed by atoms with Gasteiger partial charge in [-0.05, 0) is 67.5 Å². The van der Waals surface area contributed by atoms with Crippen LogP contribution in [-0.2, 0) is 33.6 Å². The molecule has 0 saturated carbocycles. The summed E-state index contributed by atoms with van der Waals surface area (Å²) in [5.41, 5.74) is 7.22. The molecule has 168 valence electrons. The quantitative estimate of drug-likeness (QED) is 0.487. The molecule has 0 radical (unpaired) electrons. The van der Waals surface area contributed by atoms with Gasteiger partial charge < -0.3 is 19.9 Å². The van der Waals surface area contributed by atoms with Gasteiger partial charge in [0.15, 0.2) is 0 Å². The number of morpholine rings is 1. The van der Waals surface area contributed by atoms with E-state index in [-0.39, 0.29) is 11.8 Å². The van der Waals surface area contributed by atoms with E-state index < -0.39 is 0 Å². The summed E-state index contributed by atoms with van der Waals surface area (Å²) in [5, 5.41) is 2.96. The number of rotatable bonds is 4. The second-order valence-electron chi connectivity index (χ2n) is 8.73. The number of aromatic amines is 1. The summed E-state index contributed by atoms with van der Waals surface area (Å²) in [6, 6.07) is 5.83. The average Bonchev–Trinajstić information content (AvgIpc) is 3.17. The molecule has 1 aliphatic carbocycles. The number of fused-ring (bicyclic) bond motifs is 2. The van der Waals surface area contributed by atoms with Crippen LogP contribution in [-0.4, -0.2) is 48.0 Å². The van der Waals surface area contributed by atoms with Gasteiger partial charge >= 0.3 is 0 Å². The molecule has 1 aromatic heterocycles. The van der Waals surface area contributed by atoms with Crippen molar-refractivity contribution in [2.45, 2.75) is 44.9 Å². The number of benzene rings is 1. The zero-order valence-electron chi connectivity index (χ0n) is 18.1. The van der Waals surface area contributed by atoms with Gasteiger partial charge in [-0.1, -0.05) is 22.4 Å². The number of aromatic nitrogens is 1. The number of nitrogens with one attached hydrogen (secondary N) is 2.